The lowest BCUT2D eigenvalue weighted by Gasteiger charge is -2.25. The normalized spacial score (nSPS) is 17.3. The number of benzene rings is 2. The van der Waals surface area contributed by atoms with Crippen LogP contribution in [0.2, 0.25) is 0 Å². The maximum Gasteiger partial charge on any atom is 0.416 e. The summed E-state index contributed by atoms with van der Waals surface area (Å²) in [4.78, 5) is 8.76. The van der Waals surface area contributed by atoms with E-state index in [9.17, 15) is 13.2 Å². The molecule has 176 valence electrons. The van der Waals surface area contributed by atoms with E-state index in [0.717, 1.165) is 12.1 Å². The lowest BCUT2D eigenvalue weighted by molar-refractivity contribution is -0.137. The van der Waals surface area contributed by atoms with Crippen LogP contribution in [0.15, 0.2) is 24.3 Å². The molecular weight excluding hydrogens is 437 g/mol. The predicted molar refractivity (Wildman–Crippen MR) is 118 cm³/mol. The average Bonchev–Trinajstić information content (AvgIpc) is 3.25. The molecule has 0 bridgehead atoms. The summed E-state index contributed by atoms with van der Waals surface area (Å²) in [7, 11) is 1.49. The van der Waals surface area contributed by atoms with Gasteiger partial charge in [0.15, 0.2) is 11.5 Å². The monoisotopic (exact) mass is 462 g/mol. The van der Waals surface area contributed by atoms with Gasteiger partial charge >= 0.3 is 6.18 Å². The van der Waals surface area contributed by atoms with Crippen LogP contribution >= 0.6 is 0 Å². The Hall–Kier alpha value is -3.27. The van der Waals surface area contributed by atoms with Gasteiger partial charge in [-0.25, -0.2) is 9.97 Å². The third kappa shape index (κ3) is 4.47. The summed E-state index contributed by atoms with van der Waals surface area (Å²) in [6.07, 6.45) is -4.10. The summed E-state index contributed by atoms with van der Waals surface area (Å²) in [6, 6.07) is 5.20. The minimum atomic E-state index is -4.54. The standard InChI is InChI=1S/C23H25F3N4O3/c1-11(13-6-14(23(24,25)26)8-15(27)7-13)19-20-17(29-12(2)30-22(20)28)9-18(31-3)21(19)33-16-4-5-32-10-16/h6-9,11,16H,4-5,10,27H2,1-3H3,(H2,28,29,30)/t11?,16-/m0/s1. The Bertz CT molecular complexity index is 1190. The van der Waals surface area contributed by atoms with Crippen LogP contribution in [0, 0.1) is 6.92 Å². The largest absolute Gasteiger partial charge is 0.493 e. The number of halogens is 3. The van der Waals surface area contributed by atoms with Gasteiger partial charge in [-0.05, 0) is 30.7 Å². The fourth-order valence-electron chi connectivity index (χ4n) is 4.15. The van der Waals surface area contributed by atoms with Crippen LogP contribution in [0.25, 0.3) is 10.9 Å². The van der Waals surface area contributed by atoms with Crippen molar-refractivity contribution >= 4 is 22.4 Å². The maximum atomic E-state index is 13.5. The summed E-state index contributed by atoms with van der Waals surface area (Å²) < 4.78 is 57.8. The molecule has 2 atom stereocenters. The quantitative estimate of drug-likeness (QED) is 0.540. The van der Waals surface area contributed by atoms with E-state index in [4.69, 9.17) is 25.7 Å². The van der Waals surface area contributed by atoms with Crippen LogP contribution in [0.5, 0.6) is 11.5 Å². The Labute approximate surface area is 188 Å². The topological polar surface area (TPSA) is 106 Å². The van der Waals surface area contributed by atoms with Crippen molar-refractivity contribution in [3.63, 3.8) is 0 Å². The molecule has 0 aliphatic carbocycles. The van der Waals surface area contributed by atoms with E-state index in [0.29, 0.717) is 59.0 Å². The molecule has 1 unspecified atom stereocenters. The molecule has 1 aliphatic heterocycles. The molecule has 1 aliphatic rings. The zero-order valence-electron chi connectivity index (χ0n) is 18.5. The lowest BCUT2D eigenvalue weighted by atomic mass is 9.88. The molecule has 10 heteroatoms. The SMILES string of the molecule is COc1cc2nc(C)nc(N)c2c(C(C)c2cc(N)cc(C(F)(F)F)c2)c1O[C@H]1CCOC1. The van der Waals surface area contributed by atoms with Gasteiger partial charge in [0.2, 0.25) is 0 Å². The second-order valence-electron chi connectivity index (χ2n) is 8.08. The van der Waals surface area contributed by atoms with Gasteiger partial charge in [-0.15, -0.1) is 0 Å². The number of aryl methyl sites for hydroxylation is 1. The summed E-state index contributed by atoms with van der Waals surface area (Å²) in [5.74, 6) is 0.839. The van der Waals surface area contributed by atoms with Crippen LogP contribution in [-0.2, 0) is 10.9 Å². The van der Waals surface area contributed by atoms with Gasteiger partial charge in [0.25, 0.3) is 0 Å². The first-order valence-corrected chi connectivity index (χ1v) is 10.4. The Morgan fingerprint density at radius 3 is 2.55 bits per heavy atom. The lowest BCUT2D eigenvalue weighted by Crippen LogP contribution is -2.18. The Kier molecular flexibility index (Phi) is 5.96. The number of nitrogens with zero attached hydrogens (tertiary/aromatic N) is 2. The Morgan fingerprint density at radius 2 is 1.91 bits per heavy atom. The van der Waals surface area contributed by atoms with Crippen molar-refractivity contribution in [1.29, 1.82) is 0 Å². The van der Waals surface area contributed by atoms with E-state index in [1.165, 1.54) is 13.2 Å². The number of nitrogens with two attached hydrogens (primary N) is 2. The number of alkyl halides is 3. The third-order valence-electron chi connectivity index (χ3n) is 5.71. The highest BCUT2D eigenvalue weighted by Crippen LogP contribution is 2.46. The van der Waals surface area contributed by atoms with Gasteiger partial charge in [0, 0.05) is 29.7 Å². The van der Waals surface area contributed by atoms with Gasteiger partial charge in [0.05, 0.1) is 36.8 Å². The van der Waals surface area contributed by atoms with Crippen molar-refractivity contribution in [1.82, 2.24) is 9.97 Å². The first kappa shape index (κ1) is 22.9. The van der Waals surface area contributed by atoms with Gasteiger partial charge in [-0.2, -0.15) is 13.2 Å². The number of rotatable bonds is 5. The van der Waals surface area contributed by atoms with Crippen molar-refractivity contribution in [3.8, 4) is 11.5 Å². The number of ether oxygens (including phenoxy) is 3. The van der Waals surface area contributed by atoms with E-state index in [2.05, 4.69) is 9.97 Å². The van der Waals surface area contributed by atoms with Crippen molar-refractivity contribution in [2.24, 2.45) is 0 Å². The molecule has 0 saturated carbocycles. The van der Waals surface area contributed by atoms with E-state index in [-0.39, 0.29) is 17.6 Å². The first-order valence-electron chi connectivity index (χ1n) is 10.4. The summed E-state index contributed by atoms with van der Waals surface area (Å²) in [6.45, 7) is 4.42. The number of methoxy groups -OCH3 is 1. The van der Waals surface area contributed by atoms with Crippen molar-refractivity contribution in [3.05, 3.63) is 46.8 Å². The number of hydrogen-bond donors (Lipinski definition) is 2. The fraction of sp³-hybridized carbons (Fsp3) is 0.391. The van der Waals surface area contributed by atoms with Crippen LogP contribution in [0.4, 0.5) is 24.7 Å². The van der Waals surface area contributed by atoms with Crippen molar-refractivity contribution < 1.29 is 27.4 Å². The predicted octanol–water partition coefficient (Wildman–Crippen LogP) is 4.45. The molecule has 2 heterocycles. The van der Waals surface area contributed by atoms with Crippen molar-refractivity contribution in [2.75, 3.05) is 31.8 Å². The minimum absolute atomic E-state index is 0.00519. The molecule has 0 spiro atoms. The van der Waals surface area contributed by atoms with Gasteiger partial charge < -0.3 is 25.7 Å². The van der Waals surface area contributed by atoms with Gasteiger partial charge in [-0.3, -0.25) is 0 Å². The second kappa shape index (κ2) is 8.58. The highest BCUT2D eigenvalue weighted by Gasteiger charge is 2.33. The molecule has 0 radical (unpaired) electrons. The molecule has 4 N–H and O–H groups in total. The molecule has 4 rings (SSSR count). The number of aromatic nitrogens is 2. The summed E-state index contributed by atoms with van der Waals surface area (Å²) in [5, 5.41) is 0.499. The van der Waals surface area contributed by atoms with E-state index >= 15 is 0 Å². The Balaban J connectivity index is 1.98. The molecule has 3 aromatic rings. The van der Waals surface area contributed by atoms with Crippen molar-refractivity contribution in [2.45, 2.75) is 38.5 Å². The van der Waals surface area contributed by atoms with Crippen LogP contribution in [0.3, 0.4) is 0 Å². The second-order valence-corrected chi connectivity index (χ2v) is 8.08. The molecule has 2 aromatic carbocycles. The highest BCUT2D eigenvalue weighted by molar-refractivity contribution is 5.95. The van der Waals surface area contributed by atoms with Crippen LogP contribution < -0.4 is 20.9 Å². The Morgan fingerprint density at radius 1 is 1.15 bits per heavy atom. The molecule has 7 nitrogen and oxygen atoms in total. The fourth-order valence-corrected chi connectivity index (χ4v) is 4.15. The van der Waals surface area contributed by atoms with Crippen LogP contribution in [0.1, 0.15) is 41.8 Å². The molecular formula is C23H25F3N4O3. The van der Waals surface area contributed by atoms with E-state index in [1.807, 2.05) is 0 Å². The molecule has 1 saturated heterocycles. The van der Waals surface area contributed by atoms with Crippen LogP contribution in [-0.4, -0.2) is 36.4 Å². The number of anilines is 2. The van der Waals surface area contributed by atoms with Gasteiger partial charge in [-0.1, -0.05) is 6.92 Å². The smallest absolute Gasteiger partial charge is 0.416 e. The minimum Gasteiger partial charge on any atom is -0.493 e. The van der Waals surface area contributed by atoms with E-state index < -0.39 is 17.7 Å². The molecule has 0 amide bonds. The first-order chi connectivity index (χ1) is 15.6. The van der Waals surface area contributed by atoms with Gasteiger partial charge in [0.1, 0.15) is 17.7 Å². The number of fused-ring (bicyclic) bond motifs is 1. The number of hydrogen-bond acceptors (Lipinski definition) is 7. The number of nitrogen functional groups attached to an aromatic ring is 2. The molecule has 1 fully saturated rings. The zero-order chi connectivity index (χ0) is 23.9. The average molecular weight is 462 g/mol. The summed E-state index contributed by atoms with van der Waals surface area (Å²) in [5.41, 5.74) is 12.7. The summed E-state index contributed by atoms with van der Waals surface area (Å²) >= 11 is 0. The highest BCUT2D eigenvalue weighted by atomic mass is 19.4. The maximum absolute atomic E-state index is 13.5. The third-order valence-corrected chi connectivity index (χ3v) is 5.71. The molecule has 33 heavy (non-hydrogen) atoms. The zero-order valence-corrected chi connectivity index (χ0v) is 18.5. The van der Waals surface area contributed by atoms with E-state index in [1.54, 1.807) is 19.9 Å². The molecule has 1 aromatic heterocycles.